The van der Waals surface area contributed by atoms with Gasteiger partial charge in [-0.15, -0.1) is 0 Å². The SMILES string of the molecule is O=C(CN1CCN(CC(=O)N2CCOC3CCCCC32)CC1)N1CCCC1. The Morgan fingerprint density at radius 2 is 1.37 bits per heavy atom. The summed E-state index contributed by atoms with van der Waals surface area (Å²) in [5, 5.41) is 0. The molecule has 7 heteroatoms. The zero-order chi connectivity index (χ0) is 18.6. The van der Waals surface area contributed by atoms with Crippen molar-refractivity contribution in [2.45, 2.75) is 50.7 Å². The van der Waals surface area contributed by atoms with E-state index in [9.17, 15) is 9.59 Å². The lowest BCUT2D eigenvalue weighted by Crippen LogP contribution is -2.58. The molecule has 1 aliphatic carbocycles. The van der Waals surface area contributed by atoms with Crippen molar-refractivity contribution < 1.29 is 14.3 Å². The Balaban J connectivity index is 1.21. The van der Waals surface area contributed by atoms with Crippen molar-refractivity contribution in [3.8, 4) is 0 Å². The first-order valence-corrected chi connectivity index (χ1v) is 10.8. The van der Waals surface area contributed by atoms with Crippen molar-refractivity contribution in [2.24, 2.45) is 0 Å². The number of nitrogens with zero attached hydrogens (tertiary/aromatic N) is 4. The monoisotopic (exact) mass is 378 g/mol. The van der Waals surface area contributed by atoms with Crippen LogP contribution in [-0.4, -0.2) is 109 Å². The van der Waals surface area contributed by atoms with Crippen LogP contribution in [0.4, 0.5) is 0 Å². The molecule has 152 valence electrons. The maximum Gasteiger partial charge on any atom is 0.237 e. The molecule has 4 fully saturated rings. The fraction of sp³-hybridized carbons (Fsp3) is 0.900. The molecule has 0 radical (unpaired) electrons. The number of rotatable bonds is 4. The lowest BCUT2D eigenvalue weighted by molar-refractivity contribution is -0.151. The average molecular weight is 379 g/mol. The fourth-order valence-electron chi connectivity index (χ4n) is 5.05. The van der Waals surface area contributed by atoms with Crippen molar-refractivity contribution >= 4 is 11.8 Å². The lowest BCUT2D eigenvalue weighted by atomic mass is 9.90. The average Bonchev–Trinajstić information content (AvgIpc) is 3.24. The van der Waals surface area contributed by atoms with Crippen LogP contribution in [0.15, 0.2) is 0 Å². The second-order valence-electron chi connectivity index (χ2n) is 8.49. The molecular formula is C20H34N4O3. The predicted octanol–water partition coefficient (Wildman–Crippen LogP) is 0.396. The third-order valence-electron chi connectivity index (χ3n) is 6.69. The van der Waals surface area contributed by atoms with Gasteiger partial charge in [-0.2, -0.15) is 0 Å². The van der Waals surface area contributed by atoms with Gasteiger partial charge in [0.2, 0.25) is 11.8 Å². The summed E-state index contributed by atoms with van der Waals surface area (Å²) in [7, 11) is 0. The van der Waals surface area contributed by atoms with Crippen LogP contribution >= 0.6 is 0 Å². The highest BCUT2D eigenvalue weighted by Gasteiger charge is 2.37. The van der Waals surface area contributed by atoms with Crippen molar-refractivity contribution in [2.75, 3.05) is 65.5 Å². The Hall–Kier alpha value is -1.18. The molecule has 3 heterocycles. The number of likely N-dealkylation sites (tertiary alicyclic amines) is 1. The van der Waals surface area contributed by atoms with E-state index < -0.39 is 0 Å². The molecule has 4 rings (SSSR count). The molecular weight excluding hydrogens is 344 g/mol. The summed E-state index contributed by atoms with van der Waals surface area (Å²) in [5.74, 6) is 0.533. The second-order valence-corrected chi connectivity index (χ2v) is 8.49. The van der Waals surface area contributed by atoms with Gasteiger partial charge in [0.25, 0.3) is 0 Å². The number of fused-ring (bicyclic) bond motifs is 1. The molecule has 0 aromatic carbocycles. The summed E-state index contributed by atoms with van der Waals surface area (Å²) in [4.78, 5) is 33.8. The molecule has 3 aliphatic heterocycles. The molecule has 0 aromatic heterocycles. The van der Waals surface area contributed by atoms with E-state index in [-0.39, 0.29) is 17.9 Å². The molecule has 3 saturated heterocycles. The van der Waals surface area contributed by atoms with Crippen LogP contribution in [0.25, 0.3) is 0 Å². The second kappa shape index (κ2) is 8.88. The minimum Gasteiger partial charge on any atom is -0.374 e. The van der Waals surface area contributed by atoms with Crippen LogP contribution in [0, 0.1) is 0 Å². The summed E-state index contributed by atoms with van der Waals surface area (Å²) in [6, 6.07) is 0.291. The van der Waals surface area contributed by atoms with E-state index in [0.717, 1.165) is 71.5 Å². The quantitative estimate of drug-likeness (QED) is 0.709. The highest BCUT2D eigenvalue weighted by molar-refractivity contribution is 5.79. The molecule has 2 amide bonds. The maximum absolute atomic E-state index is 12.9. The first-order chi connectivity index (χ1) is 13.2. The van der Waals surface area contributed by atoms with Gasteiger partial charge in [0.15, 0.2) is 0 Å². The topological polar surface area (TPSA) is 56.3 Å². The normalized spacial score (nSPS) is 30.4. The Morgan fingerprint density at radius 3 is 2.07 bits per heavy atom. The largest absolute Gasteiger partial charge is 0.374 e. The first-order valence-electron chi connectivity index (χ1n) is 10.8. The standard InChI is InChI=1S/C20H34N4O3/c25-19(23-7-3-4-8-23)15-21-9-11-22(12-10-21)16-20(26)24-13-14-27-18-6-2-1-5-17(18)24/h17-18H,1-16H2. The molecule has 0 bridgehead atoms. The van der Waals surface area contributed by atoms with Gasteiger partial charge >= 0.3 is 0 Å². The van der Waals surface area contributed by atoms with Crippen molar-refractivity contribution in [3.05, 3.63) is 0 Å². The van der Waals surface area contributed by atoms with Gasteiger partial charge in [0.1, 0.15) is 0 Å². The number of ether oxygens (including phenoxy) is 1. The van der Waals surface area contributed by atoms with E-state index in [4.69, 9.17) is 4.74 Å². The van der Waals surface area contributed by atoms with Crippen LogP contribution in [0.1, 0.15) is 38.5 Å². The zero-order valence-corrected chi connectivity index (χ0v) is 16.5. The third-order valence-corrected chi connectivity index (χ3v) is 6.69. The number of carbonyl (C=O) groups is 2. The number of hydrogen-bond donors (Lipinski definition) is 0. The number of morpholine rings is 1. The predicted molar refractivity (Wildman–Crippen MR) is 102 cm³/mol. The van der Waals surface area contributed by atoms with Crippen LogP contribution in [0.5, 0.6) is 0 Å². The van der Waals surface area contributed by atoms with Gasteiger partial charge < -0.3 is 14.5 Å². The Kier molecular flexibility index (Phi) is 6.30. The molecule has 2 atom stereocenters. The van der Waals surface area contributed by atoms with Crippen molar-refractivity contribution in [1.29, 1.82) is 0 Å². The molecule has 0 N–H and O–H groups in total. The molecule has 1 saturated carbocycles. The third kappa shape index (κ3) is 4.63. The van der Waals surface area contributed by atoms with E-state index in [1.165, 1.54) is 12.8 Å². The van der Waals surface area contributed by atoms with Crippen molar-refractivity contribution in [3.63, 3.8) is 0 Å². The molecule has 27 heavy (non-hydrogen) atoms. The fourth-order valence-corrected chi connectivity index (χ4v) is 5.05. The highest BCUT2D eigenvalue weighted by Crippen LogP contribution is 2.28. The van der Waals surface area contributed by atoms with Gasteiger partial charge in [0.05, 0.1) is 31.8 Å². The van der Waals surface area contributed by atoms with Crippen LogP contribution in [-0.2, 0) is 14.3 Å². The number of amides is 2. The number of hydrogen-bond acceptors (Lipinski definition) is 5. The summed E-state index contributed by atoms with van der Waals surface area (Å²) >= 11 is 0. The Labute approximate surface area is 162 Å². The summed E-state index contributed by atoms with van der Waals surface area (Å²) in [6.45, 7) is 7.82. The Morgan fingerprint density at radius 1 is 0.741 bits per heavy atom. The zero-order valence-electron chi connectivity index (χ0n) is 16.5. The Bertz CT molecular complexity index is 527. The highest BCUT2D eigenvalue weighted by atomic mass is 16.5. The van der Waals surface area contributed by atoms with Gasteiger partial charge in [-0.1, -0.05) is 12.8 Å². The number of piperazine rings is 1. The minimum absolute atomic E-state index is 0.255. The summed E-state index contributed by atoms with van der Waals surface area (Å²) < 4.78 is 5.90. The smallest absolute Gasteiger partial charge is 0.237 e. The molecule has 4 aliphatic rings. The molecule has 7 nitrogen and oxygen atoms in total. The van der Waals surface area contributed by atoms with Gasteiger partial charge in [-0.3, -0.25) is 19.4 Å². The van der Waals surface area contributed by atoms with E-state index in [1.807, 2.05) is 4.90 Å². The van der Waals surface area contributed by atoms with Crippen LogP contribution in [0.2, 0.25) is 0 Å². The molecule has 2 unspecified atom stereocenters. The molecule has 0 spiro atoms. The van der Waals surface area contributed by atoms with Gasteiger partial charge in [-0.25, -0.2) is 0 Å². The maximum atomic E-state index is 12.9. The van der Waals surface area contributed by atoms with E-state index in [1.54, 1.807) is 0 Å². The van der Waals surface area contributed by atoms with E-state index in [2.05, 4.69) is 14.7 Å². The first kappa shape index (κ1) is 19.2. The van der Waals surface area contributed by atoms with E-state index in [0.29, 0.717) is 25.7 Å². The van der Waals surface area contributed by atoms with Crippen LogP contribution in [0.3, 0.4) is 0 Å². The van der Waals surface area contributed by atoms with Crippen LogP contribution < -0.4 is 0 Å². The number of carbonyl (C=O) groups excluding carboxylic acids is 2. The van der Waals surface area contributed by atoms with Crippen molar-refractivity contribution in [1.82, 2.24) is 19.6 Å². The van der Waals surface area contributed by atoms with E-state index >= 15 is 0 Å². The molecule has 0 aromatic rings. The van der Waals surface area contributed by atoms with Gasteiger partial charge in [0, 0.05) is 45.8 Å². The summed E-state index contributed by atoms with van der Waals surface area (Å²) in [6.07, 6.45) is 7.15. The summed E-state index contributed by atoms with van der Waals surface area (Å²) in [5.41, 5.74) is 0. The van der Waals surface area contributed by atoms with Gasteiger partial charge in [-0.05, 0) is 25.7 Å². The lowest BCUT2D eigenvalue weighted by Gasteiger charge is -2.44. The minimum atomic E-state index is 0.255.